The van der Waals surface area contributed by atoms with Crippen molar-refractivity contribution in [1.29, 1.82) is 0 Å². The summed E-state index contributed by atoms with van der Waals surface area (Å²) in [6.45, 7) is 2.03. The highest BCUT2D eigenvalue weighted by molar-refractivity contribution is 5.38. The van der Waals surface area contributed by atoms with E-state index in [1.165, 1.54) is 16.9 Å². The molecule has 0 aliphatic heterocycles. The zero-order valence-electron chi connectivity index (χ0n) is 10.9. The van der Waals surface area contributed by atoms with Crippen LogP contribution in [0.3, 0.4) is 0 Å². The summed E-state index contributed by atoms with van der Waals surface area (Å²) in [6, 6.07) is 8.53. The summed E-state index contributed by atoms with van der Waals surface area (Å²) in [4.78, 5) is 11.6. The highest BCUT2D eigenvalue weighted by atomic mass is 16.5. The molecule has 0 saturated carbocycles. The Kier molecular flexibility index (Phi) is 3.97. The normalized spacial score (nSPS) is 12.2. The van der Waals surface area contributed by atoms with Crippen LogP contribution in [0, 0.1) is 6.92 Å². The van der Waals surface area contributed by atoms with Crippen molar-refractivity contribution in [2.45, 2.75) is 19.6 Å². The summed E-state index contributed by atoms with van der Waals surface area (Å²) in [5.74, 6) is 0.599. The quantitative estimate of drug-likeness (QED) is 0.899. The fourth-order valence-electron chi connectivity index (χ4n) is 1.90. The molecule has 1 atom stereocenters. The van der Waals surface area contributed by atoms with Gasteiger partial charge in [-0.2, -0.15) is 5.10 Å². The van der Waals surface area contributed by atoms with E-state index in [1.54, 1.807) is 19.2 Å². The Bertz CT molecular complexity index is 622. The predicted molar refractivity (Wildman–Crippen MR) is 71.2 cm³/mol. The molecule has 1 aromatic heterocycles. The minimum atomic E-state index is -0.845. The number of hydrogen-bond acceptors (Lipinski definition) is 4. The van der Waals surface area contributed by atoms with Gasteiger partial charge >= 0.3 is 0 Å². The average molecular weight is 260 g/mol. The topological polar surface area (TPSA) is 64.3 Å². The van der Waals surface area contributed by atoms with Crippen LogP contribution in [-0.2, 0) is 6.54 Å². The summed E-state index contributed by atoms with van der Waals surface area (Å²) >= 11 is 0. The lowest BCUT2D eigenvalue weighted by molar-refractivity contribution is 0.145. The van der Waals surface area contributed by atoms with Gasteiger partial charge < -0.3 is 9.84 Å². The van der Waals surface area contributed by atoms with Crippen LogP contribution >= 0.6 is 0 Å². The van der Waals surface area contributed by atoms with E-state index in [9.17, 15) is 9.90 Å². The first-order valence-electron chi connectivity index (χ1n) is 5.96. The number of aliphatic hydroxyl groups is 1. The molecule has 0 fully saturated rings. The fourth-order valence-corrected chi connectivity index (χ4v) is 1.90. The number of rotatable bonds is 4. The summed E-state index contributed by atoms with van der Waals surface area (Å²) in [6.07, 6.45) is 0.671. The largest absolute Gasteiger partial charge is 0.496 e. The number of ether oxygens (including phenoxy) is 1. The lowest BCUT2D eigenvalue weighted by Crippen LogP contribution is -2.24. The molecule has 1 aromatic carbocycles. The van der Waals surface area contributed by atoms with E-state index in [0.29, 0.717) is 11.3 Å². The second-order valence-electron chi connectivity index (χ2n) is 4.31. The molecule has 0 radical (unpaired) electrons. The number of nitrogens with zero attached hydrogens (tertiary/aromatic N) is 2. The van der Waals surface area contributed by atoms with Crippen molar-refractivity contribution in [2.75, 3.05) is 7.11 Å². The lowest BCUT2D eigenvalue weighted by atomic mass is 10.1. The first kappa shape index (κ1) is 13.3. The van der Waals surface area contributed by atoms with Crippen LogP contribution in [-0.4, -0.2) is 22.0 Å². The van der Waals surface area contributed by atoms with Crippen LogP contribution in [0.25, 0.3) is 0 Å². The standard InChI is InChI=1S/C14H16N2O3/c1-10-5-6-13(19-2)11(8-10)12(17)9-16-14(18)4-3-7-15-16/h3-8,12,17H,9H2,1-2H3. The Balaban J connectivity index is 2.30. The molecule has 100 valence electrons. The number of benzene rings is 1. The van der Waals surface area contributed by atoms with Gasteiger partial charge in [0.2, 0.25) is 0 Å². The van der Waals surface area contributed by atoms with Crippen molar-refractivity contribution in [1.82, 2.24) is 9.78 Å². The first-order chi connectivity index (χ1) is 9.11. The number of hydrogen-bond donors (Lipinski definition) is 1. The summed E-state index contributed by atoms with van der Waals surface area (Å²) in [5.41, 5.74) is 1.43. The Morgan fingerprint density at radius 1 is 1.42 bits per heavy atom. The van der Waals surface area contributed by atoms with Crippen molar-refractivity contribution in [3.8, 4) is 5.75 Å². The SMILES string of the molecule is COc1ccc(C)cc1C(O)Cn1ncccc1=O. The minimum Gasteiger partial charge on any atom is -0.496 e. The van der Waals surface area contributed by atoms with E-state index >= 15 is 0 Å². The molecule has 2 rings (SSSR count). The Morgan fingerprint density at radius 2 is 2.21 bits per heavy atom. The minimum absolute atomic E-state index is 0.0967. The van der Waals surface area contributed by atoms with Gasteiger partial charge in [0, 0.05) is 17.8 Å². The van der Waals surface area contributed by atoms with Crippen molar-refractivity contribution < 1.29 is 9.84 Å². The van der Waals surface area contributed by atoms with Gasteiger partial charge in [-0.1, -0.05) is 11.6 Å². The van der Waals surface area contributed by atoms with E-state index in [-0.39, 0.29) is 12.1 Å². The molecular weight excluding hydrogens is 244 g/mol. The molecule has 1 unspecified atom stereocenters. The van der Waals surface area contributed by atoms with Crippen LogP contribution in [0.15, 0.2) is 41.3 Å². The summed E-state index contributed by atoms with van der Waals surface area (Å²) in [7, 11) is 1.55. The van der Waals surface area contributed by atoms with E-state index in [4.69, 9.17) is 4.74 Å². The molecule has 0 spiro atoms. The smallest absolute Gasteiger partial charge is 0.266 e. The third-order valence-electron chi connectivity index (χ3n) is 2.88. The van der Waals surface area contributed by atoms with Crippen LogP contribution in [0.1, 0.15) is 17.2 Å². The second kappa shape index (κ2) is 5.67. The molecular formula is C14H16N2O3. The van der Waals surface area contributed by atoms with Crippen LogP contribution in [0.5, 0.6) is 5.75 Å². The molecule has 0 amide bonds. The number of aliphatic hydroxyl groups excluding tert-OH is 1. The summed E-state index contributed by atoms with van der Waals surface area (Å²) in [5, 5.41) is 14.2. The molecule has 19 heavy (non-hydrogen) atoms. The van der Waals surface area contributed by atoms with Gasteiger partial charge in [0.05, 0.1) is 13.7 Å². The highest BCUT2D eigenvalue weighted by Gasteiger charge is 2.15. The molecule has 1 heterocycles. The van der Waals surface area contributed by atoms with Gasteiger partial charge in [0.1, 0.15) is 11.9 Å². The second-order valence-corrected chi connectivity index (χ2v) is 4.31. The van der Waals surface area contributed by atoms with Crippen molar-refractivity contribution in [2.24, 2.45) is 0 Å². The Labute approximate surface area is 111 Å². The van der Waals surface area contributed by atoms with E-state index in [1.807, 2.05) is 19.1 Å². The van der Waals surface area contributed by atoms with Crippen molar-refractivity contribution in [3.05, 3.63) is 58.0 Å². The monoisotopic (exact) mass is 260 g/mol. The van der Waals surface area contributed by atoms with E-state index in [0.717, 1.165) is 5.56 Å². The third-order valence-corrected chi connectivity index (χ3v) is 2.88. The number of methoxy groups -OCH3 is 1. The lowest BCUT2D eigenvalue weighted by Gasteiger charge is -2.16. The first-order valence-corrected chi connectivity index (χ1v) is 5.96. The fraction of sp³-hybridized carbons (Fsp3) is 0.286. The number of aryl methyl sites for hydroxylation is 1. The zero-order valence-corrected chi connectivity index (χ0v) is 10.9. The maximum Gasteiger partial charge on any atom is 0.266 e. The van der Waals surface area contributed by atoms with Gasteiger partial charge in [-0.05, 0) is 25.1 Å². The molecule has 1 N–H and O–H groups in total. The zero-order chi connectivity index (χ0) is 13.8. The average Bonchev–Trinajstić information content (AvgIpc) is 2.41. The number of aromatic nitrogens is 2. The van der Waals surface area contributed by atoms with Crippen LogP contribution in [0.2, 0.25) is 0 Å². The molecule has 0 aliphatic rings. The highest BCUT2D eigenvalue weighted by Crippen LogP contribution is 2.26. The van der Waals surface area contributed by atoms with E-state index < -0.39 is 6.10 Å². The van der Waals surface area contributed by atoms with Gasteiger partial charge in [-0.3, -0.25) is 4.79 Å². The maximum absolute atomic E-state index is 11.6. The third kappa shape index (κ3) is 3.00. The molecule has 2 aromatic rings. The van der Waals surface area contributed by atoms with Crippen LogP contribution in [0.4, 0.5) is 0 Å². The van der Waals surface area contributed by atoms with Gasteiger partial charge in [-0.25, -0.2) is 4.68 Å². The molecule has 0 saturated heterocycles. The van der Waals surface area contributed by atoms with Crippen molar-refractivity contribution in [3.63, 3.8) is 0 Å². The molecule has 0 bridgehead atoms. The Morgan fingerprint density at radius 3 is 2.89 bits per heavy atom. The van der Waals surface area contributed by atoms with Gasteiger partial charge in [0.15, 0.2) is 0 Å². The summed E-state index contributed by atoms with van der Waals surface area (Å²) < 4.78 is 6.45. The Hall–Kier alpha value is -2.14. The molecule has 5 heteroatoms. The molecule has 0 aliphatic carbocycles. The predicted octanol–water partition coefficient (Wildman–Crippen LogP) is 1.29. The van der Waals surface area contributed by atoms with Gasteiger partial charge in [-0.15, -0.1) is 0 Å². The van der Waals surface area contributed by atoms with Crippen molar-refractivity contribution >= 4 is 0 Å². The maximum atomic E-state index is 11.6. The van der Waals surface area contributed by atoms with E-state index in [2.05, 4.69) is 5.10 Å². The molecule has 5 nitrogen and oxygen atoms in total. The van der Waals surface area contributed by atoms with Crippen LogP contribution < -0.4 is 10.3 Å². The van der Waals surface area contributed by atoms with Gasteiger partial charge in [0.25, 0.3) is 5.56 Å².